The van der Waals surface area contributed by atoms with Crippen LogP contribution in [0.5, 0.6) is 52.5 Å². The van der Waals surface area contributed by atoms with Gasteiger partial charge in [0.25, 0.3) is 0 Å². The second-order valence-corrected chi connectivity index (χ2v) is 31.2. The highest BCUT2D eigenvalue weighted by atomic mass is 16.5. The minimum absolute atomic E-state index is 0.0175. The maximum atomic E-state index is 11.1. The zero-order valence-electron chi connectivity index (χ0n) is 71.2. The van der Waals surface area contributed by atoms with E-state index in [1.54, 1.807) is 37.4 Å². The molecule has 3 heterocycles. The molecule has 0 saturated carbocycles. The van der Waals surface area contributed by atoms with Gasteiger partial charge in [-0.05, 0) is 180 Å². The molecule has 0 aliphatic rings. The van der Waals surface area contributed by atoms with Crippen molar-refractivity contribution in [2.45, 2.75) is 156 Å². The Labute approximate surface area is 718 Å². The van der Waals surface area contributed by atoms with Crippen LogP contribution in [0.2, 0.25) is 0 Å². The molecule has 0 spiro atoms. The molecule has 3 N–H and O–H groups in total. The van der Waals surface area contributed by atoms with Crippen molar-refractivity contribution in [2.75, 3.05) is 40.6 Å². The van der Waals surface area contributed by atoms with Crippen molar-refractivity contribution in [1.29, 1.82) is 0 Å². The first-order valence-corrected chi connectivity index (χ1v) is 43.8. The van der Waals surface area contributed by atoms with Crippen molar-refractivity contribution in [3.63, 3.8) is 0 Å². The number of aromatic nitrogens is 9. The predicted octanol–water partition coefficient (Wildman–Crippen LogP) is 26.8. The molecule has 0 aliphatic carbocycles. The van der Waals surface area contributed by atoms with E-state index in [1.807, 2.05) is 56.3 Å². The Morgan fingerprint density at radius 2 is 0.618 bits per heavy atom. The van der Waals surface area contributed by atoms with Crippen molar-refractivity contribution in [2.24, 2.45) is 0 Å². The lowest BCUT2D eigenvalue weighted by atomic mass is 9.92. The second kappa shape index (κ2) is 41.3. The fourth-order valence-electron chi connectivity index (χ4n) is 16.3. The van der Waals surface area contributed by atoms with Crippen molar-refractivity contribution >= 4 is 86.2 Å². The number of methoxy groups -OCH3 is 2. The van der Waals surface area contributed by atoms with Gasteiger partial charge in [-0.15, -0.1) is 0 Å². The molecular weight excluding hydrogens is 1530 g/mol. The van der Waals surface area contributed by atoms with E-state index < -0.39 is 0 Å². The Hall–Kier alpha value is -13.4. The van der Waals surface area contributed by atoms with Gasteiger partial charge in [-0.2, -0.15) is 29.9 Å². The summed E-state index contributed by atoms with van der Waals surface area (Å²) in [5, 5.41) is 51.0. The smallest absolute Gasteiger partial charge is 0.320 e. The van der Waals surface area contributed by atoms with Crippen molar-refractivity contribution < 1.29 is 43.7 Å². The van der Waals surface area contributed by atoms with Crippen LogP contribution >= 0.6 is 0 Å². The summed E-state index contributed by atoms with van der Waals surface area (Å²) in [5.41, 5.74) is 4.07. The lowest BCUT2D eigenvalue weighted by molar-refractivity contribution is 0.302. The largest absolute Gasteiger partial charge is 0.507 e. The molecule has 0 atom stereocenters. The maximum absolute atomic E-state index is 11.1. The second-order valence-electron chi connectivity index (χ2n) is 31.2. The molecule has 0 radical (unpaired) electrons. The highest BCUT2D eigenvalue weighted by Crippen LogP contribution is 2.43. The quantitative estimate of drug-likeness (QED) is 0.0188. The van der Waals surface area contributed by atoms with Gasteiger partial charge in [0.2, 0.25) is 0 Å². The molecule has 0 saturated heterocycles. The van der Waals surface area contributed by atoms with E-state index in [9.17, 15) is 15.3 Å². The number of aromatic hydroxyl groups is 3. The fourth-order valence-corrected chi connectivity index (χ4v) is 16.3. The topological polar surface area (TPSA) is 232 Å². The summed E-state index contributed by atoms with van der Waals surface area (Å²) in [6, 6.07) is 77.4. The molecular formula is C105H107N9O9. The van der Waals surface area contributed by atoms with Crippen LogP contribution in [0.25, 0.3) is 155 Å². The Morgan fingerprint density at radius 1 is 0.236 bits per heavy atom. The zero-order valence-corrected chi connectivity index (χ0v) is 71.2. The van der Waals surface area contributed by atoms with E-state index in [1.165, 1.54) is 164 Å². The number of benzene rings is 14. The molecule has 0 bridgehead atoms. The average molecular weight is 1640 g/mol. The van der Waals surface area contributed by atoms with E-state index in [4.69, 9.17) is 48.4 Å². The third-order valence-corrected chi connectivity index (χ3v) is 22.7. The Balaban J connectivity index is 0.000000145. The summed E-state index contributed by atoms with van der Waals surface area (Å²) in [4.78, 5) is 41.7. The molecule has 14 aromatic carbocycles. The number of unbranched alkanes of at least 4 members (excludes halogenated alkanes) is 18. The van der Waals surface area contributed by atoms with Crippen LogP contribution in [-0.2, 0) is 0 Å². The summed E-state index contributed by atoms with van der Waals surface area (Å²) >= 11 is 0. The molecule has 0 fully saturated rings. The van der Waals surface area contributed by atoms with E-state index in [0.29, 0.717) is 95.3 Å². The molecule has 3 aromatic heterocycles. The van der Waals surface area contributed by atoms with Crippen LogP contribution in [0.1, 0.15) is 156 Å². The normalized spacial score (nSPS) is 11.4. The average Bonchev–Trinajstić information content (AvgIpc) is 0.740. The Morgan fingerprint density at radius 3 is 1.15 bits per heavy atom. The van der Waals surface area contributed by atoms with Gasteiger partial charge in [0.1, 0.15) is 34.5 Å². The van der Waals surface area contributed by atoms with Crippen LogP contribution in [0.4, 0.5) is 0 Å². The third kappa shape index (κ3) is 20.5. The van der Waals surface area contributed by atoms with Crippen molar-refractivity contribution in [3.8, 4) is 121 Å². The SMILES string of the molecule is CCCCCCCCCCCCOc1ccc(-c2nc(OCC)nc(-c3cc4c5ccccc5ccc4c4ccccc34)n2)c(O)c1.CCCCCCCCCCCCOc1ccc(-c2nc(OCC)nc(-c3ccc4cc5ccccc5cc4c3)n2)c(O)c1.COc1ccc(-c2nc(OC)nc(-c3ccc4ccc5cccc6ccc3c4c56)n2)c(O)c1. The molecule has 626 valence electrons. The van der Waals surface area contributed by atoms with Crippen LogP contribution in [0.3, 0.4) is 0 Å². The van der Waals surface area contributed by atoms with Crippen LogP contribution < -0.4 is 28.4 Å². The standard InChI is InChI=1S/C41H45N3O3.C37H43N3O3.C27H19N3O3/c1-3-5-6-7-8-9-10-11-12-17-26-47-30-23-25-35(38(45)27-30)39-42-40(44-41(43-39)46-4-2)37-28-36-31-19-14-13-18-29(31)22-24-34(36)32-20-15-16-21-33(32)37;1-3-5-6-7-8-9-10-11-12-15-22-43-32-20-21-33(34(41)26-32)36-38-35(39-37(40-36)42-4-2)30-19-18-29-23-27-16-13-14-17-28(27)24-31(29)25-30;1-32-18-10-13-21(22(31)14-18)26-28-25(29-27(30-26)33-2)20-12-9-17-7-6-15-4-3-5-16-8-11-19(20)24(17)23(15)16/h13-16,18-25,27-28,45H,3-12,17,26H2,1-2H3;13-14,16-21,23-26,41H,3-12,15,22H2,1-2H3;3-14,31H,1-2H3. The number of hydrogen-bond donors (Lipinski definition) is 3. The maximum Gasteiger partial charge on any atom is 0.320 e. The van der Waals surface area contributed by atoms with E-state index in [2.05, 4.69) is 190 Å². The number of fused-ring (bicyclic) bond motifs is 7. The summed E-state index contributed by atoms with van der Waals surface area (Å²) in [6.45, 7) is 10.4. The fraction of sp³-hybridized carbons (Fsp3) is 0.286. The Kier molecular flexibility index (Phi) is 28.4. The van der Waals surface area contributed by atoms with E-state index in [0.717, 1.165) is 80.1 Å². The highest BCUT2D eigenvalue weighted by molar-refractivity contribution is 6.25. The van der Waals surface area contributed by atoms with Gasteiger partial charge in [0.05, 0.1) is 57.3 Å². The zero-order chi connectivity index (χ0) is 84.8. The molecule has 18 nitrogen and oxygen atoms in total. The van der Waals surface area contributed by atoms with Gasteiger partial charge in [-0.25, -0.2) is 15.0 Å². The first-order chi connectivity index (χ1) is 60.5. The summed E-state index contributed by atoms with van der Waals surface area (Å²) < 4.78 is 34.0. The highest BCUT2D eigenvalue weighted by Gasteiger charge is 2.23. The van der Waals surface area contributed by atoms with E-state index in [-0.39, 0.29) is 35.3 Å². The molecule has 17 aromatic rings. The summed E-state index contributed by atoms with van der Waals surface area (Å²) in [6.07, 6.45) is 25.6. The van der Waals surface area contributed by atoms with Gasteiger partial charge in [0, 0.05) is 34.9 Å². The molecule has 123 heavy (non-hydrogen) atoms. The van der Waals surface area contributed by atoms with Gasteiger partial charge >= 0.3 is 18.0 Å². The first kappa shape index (κ1) is 84.7. The number of nitrogens with zero attached hydrogens (tertiary/aromatic N) is 9. The number of phenols is 3. The lowest BCUT2D eigenvalue weighted by Gasteiger charge is -2.14. The molecule has 0 aliphatic heterocycles. The van der Waals surface area contributed by atoms with Gasteiger partial charge in [-0.3, -0.25) is 0 Å². The van der Waals surface area contributed by atoms with Gasteiger partial charge in [0.15, 0.2) is 34.9 Å². The minimum Gasteiger partial charge on any atom is -0.507 e. The van der Waals surface area contributed by atoms with Gasteiger partial charge in [-0.1, -0.05) is 275 Å². The van der Waals surface area contributed by atoms with E-state index >= 15 is 0 Å². The minimum atomic E-state index is 0.0175. The monoisotopic (exact) mass is 1640 g/mol. The Bertz CT molecular complexity index is 6470. The molecule has 17 rings (SSSR count). The first-order valence-electron chi connectivity index (χ1n) is 43.8. The number of hydrogen-bond acceptors (Lipinski definition) is 18. The summed E-state index contributed by atoms with van der Waals surface area (Å²) in [7, 11) is 3.06. The van der Waals surface area contributed by atoms with Crippen LogP contribution in [0, 0.1) is 0 Å². The number of phenolic OH excluding ortho intramolecular Hbond substituents is 3. The molecule has 0 amide bonds. The lowest BCUT2D eigenvalue weighted by Crippen LogP contribution is -2.04. The van der Waals surface area contributed by atoms with Crippen molar-refractivity contribution in [1.82, 2.24) is 44.9 Å². The van der Waals surface area contributed by atoms with Crippen molar-refractivity contribution in [3.05, 3.63) is 231 Å². The molecule has 0 unspecified atom stereocenters. The third-order valence-electron chi connectivity index (χ3n) is 22.7. The van der Waals surface area contributed by atoms with Crippen LogP contribution in [0.15, 0.2) is 231 Å². The summed E-state index contributed by atoms with van der Waals surface area (Å²) in [5.74, 6) is 4.43. The van der Waals surface area contributed by atoms with Gasteiger partial charge < -0.3 is 43.7 Å². The predicted molar refractivity (Wildman–Crippen MR) is 498 cm³/mol. The van der Waals surface area contributed by atoms with Crippen LogP contribution in [-0.4, -0.2) is 101 Å². The number of ether oxygens (including phenoxy) is 6. The molecule has 18 heteroatoms. The number of rotatable bonds is 36.